The van der Waals surface area contributed by atoms with Crippen LogP contribution in [0.15, 0.2) is 18.2 Å². The van der Waals surface area contributed by atoms with Gasteiger partial charge in [0, 0.05) is 19.2 Å². The number of nitro benzene ring substituents is 1. The van der Waals surface area contributed by atoms with Gasteiger partial charge in [-0.05, 0) is 6.07 Å². The Balaban J connectivity index is 2.96. The molecule has 2 N–H and O–H groups in total. The average Bonchev–Trinajstić information content (AvgIpc) is 2.29. The number of phenolic OH excluding ortho intramolecular Hbond substituents is 1. The summed E-state index contributed by atoms with van der Waals surface area (Å²) in [5, 5.41) is 20.0. The van der Waals surface area contributed by atoms with Crippen molar-refractivity contribution in [1.29, 1.82) is 0 Å². The molecule has 1 aromatic carbocycles. The zero-order valence-electron chi connectivity index (χ0n) is 9.49. The molecule has 0 aliphatic heterocycles. The SMILES string of the molecule is COCCS(=O)(=O)Nc1cc([N+](=O)[O-])ccc1O. The van der Waals surface area contributed by atoms with Crippen molar-refractivity contribution in [2.45, 2.75) is 0 Å². The first-order chi connectivity index (χ1) is 8.35. The molecule has 0 fully saturated rings. The first-order valence-corrected chi connectivity index (χ1v) is 6.48. The molecule has 1 rings (SSSR count). The summed E-state index contributed by atoms with van der Waals surface area (Å²) in [5.41, 5.74) is -0.558. The van der Waals surface area contributed by atoms with Gasteiger partial charge in [0.15, 0.2) is 0 Å². The number of nitrogens with one attached hydrogen (secondary N) is 1. The second kappa shape index (κ2) is 5.65. The summed E-state index contributed by atoms with van der Waals surface area (Å²) in [6.07, 6.45) is 0. The average molecular weight is 276 g/mol. The summed E-state index contributed by atoms with van der Waals surface area (Å²) < 4.78 is 29.7. The molecule has 0 saturated heterocycles. The van der Waals surface area contributed by atoms with E-state index in [1.807, 2.05) is 0 Å². The van der Waals surface area contributed by atoms with Crippen molar-refractivity contribution in [2.75, 3.05) is 24.2 Å². The lowest BCUT2D eigenvalue weighted by Crippen LogP contribution is -2.19. The van der Waals surface area contributed by atoms with Crippen molar-refractivity contribution in [3.05, 3.63) is 28.3 Å². The van der Waals surface area contributed by atoms with Crippen LogP contribution in [0.4, 0.5) is 11.4 Å². The van der Waals surface area contributed by atoms with Gasteiger partial charge < -0.3 is 9.84 Å². The molecule has 0 unspecified atom stereocenters. The number of sulfonamides is 1. The molecule has 0 radical (unpaired) electrons. The van der Waals surface area contributed by atoms with E-state index in [4.69, 9.17) is 0 Å². The van der Waals surface area contributed by atoms with Crippen molar-refractivity contribution in [2.24, 2.45) is 0 Å². The van der Waals surface area contributed by atoms with E-state index in [0.29, 0.717) is 0 Å². The topological polar surface area (TPSA) is 119 Å². The van der Waals surface area contributed by atoms with Crippen LogP contribution in [0, 0.1) is 10.1 Å². The van der Waals surface area contributed by atoms with Crippen molar-refractivity contribution < 1.29 is 23.2 Å². The molecule has 0 heterocycles. The minimum atomic E-state index is -3.72. The quantitative estimate of drug-likeness (QED) is 0.448. The normalized spacial score (nSPS) is 11.2. The Labute approximate surface area is 103 Å². The van der Waals surface area contributed by atoms with Gasteiger partial charge in [-0.25, -0.2) is 8.42 Å². The summed E-state index contributed by atoms with van der Waals surface area (Å²) in [6, 6.07) is 3.06. The number of hydrogen-bond donors (Lipinski definition) is 2. The Bertz CT molecular complexity index is 542. The van der Waals surface area contributed by atoms with Crippen LogP contribution >= 0.6 is 0 Å². The fraction of sp³-hybridized carbons (Fsp3) is 0.333. The maximum Gasteiger partial charge on any atom is 0.271 e. The van der Waals surface area contributed by atoms with Gasteiger partial charge in [-0.15, -0.1) is 0 Å². The third kappa shape index (κ3) is 3.86. The summed E-state index contributed by atoms with van der Waals surface area (Å²) >= 11 is 0. The Morgan fingerprint density at radius 3 is 2.72 bits per heavy atom. The van der Waals surface area contributed by atoms with Crippen molar-refractivity contribution >= 4 is 21.4 Å². The van der Waals surface area contributed by atoms with E-state index in [9.17, 15) is 23.6 Å². The number of nitrogens with zero attached hydrogens (tertiary/aromatic N) is 1. The molecule has 0 bridgehead atoms. The lowest BCUT2D eigenvalue weighted by Gasteiger charge is -2.08. The highest BCUT2D eigenvalue weighted by Gasteiger charge is 2.16. The van der Waals surface area contributed by atoms with Crippen molar-refractivity contribution in [3.8, 4) is 5.75 Å². The van der Waals surface area contributed by atoms with E-state index >= 15 is 0 Å². The van der Waals surface area contributed by atoms with E-state index in [1.54, 1.807) is 0 Å². The molecule has 100 valence electrons. The van der Waals surface area contributed by atoms with Crippen molar-refractivity contribution in [3.63, 3.8) is 0 Å². The molecule has 18 heavy (non-hydrogen) atoms. The third-order valence-corrected chi connectivity index (χ3v) is 3.25. The highest BCUT2D eigenvalue weighted by atomic mass is 32.2. The van der Waals surface area contributed by atoms with E-state index in [-0.39, 0.29) is 29.5 Å². The molecule has 0 amide bonds. The Morgan fingerprint density at radius 2 is 2.17 bits per heavy atom. The number of aromatic hydroxyl groups is 1. The molecule has 0 saturated carbocycles. The molecule has 9 heteroatoms. The Hall–Kier alpha value is -1.87. The third-order valence-electron chi connectivity index (χ3n) is 2.01. The molecule has 0 atom stereocenters. The lowest BCUT2D eigenvalue weighted by molar-refractivity contribution is -0.384. The number of benzene rings is 1. The maximum absolute atomic E-state index is 11.5. The van der Waals surface area contributed by atoms with Gasteiger partial charge in [0.25, 0.3) is 5.69 Å². The Kier molecular flexibility index (Phi) is 4.45. The van der Waals surface area contributed by atoms with E-state index in [0.717, 1.165) is 18.2 Å². The summed E-state index contributed by atoms with van der Waals surface area (Å²) in [4.78, 5) is 9.84. The van der Waals surface area contributed by atoms with Crippen LogP contribution < -0.4 is 4.72 Å². The zero-order valence-corrected chi connectivity index (χ0v) is 10.3. The first-order valence-electron chi connectivity index (χ1n) is 4.82. The monoisotopic (exact) mass is 276 g/mol. The van der Waals surface area contributed by atoms with Gasteiger partial charge in [0.2, 0.25) is 10.0 Å². The van der Waals surface area contributed by atoms with Crippen LogP contribution in [-0.4, -0.2) is 37.9 Å². The van der Waals surface area contributed by atoms with Crippen LogP contribution in [-0.2, 0) is 14.8 Å². The smallest absolute Gasteiger partial charge is 0.271 e. The van der Waals surface area contributed by atoms with Crippen LogP contribution in [0.5, 0.6) is 5.75 Å². The number of non-ortho nitro benzene ring substituents is 1. The summed E-state index contributed by atoms with van der Waals surface area (Å²) in [7, 11) is -2.37. The fourth-order valence-corrected chi connectivity index (χ4v) is 2.12. The van der Waals surface area contributed by atoms with Gasteiger partial charge >= 0.3 is 0 Å². The highest BCUT2D eigenvalue weighted by Crippen LogP contribution is 2.28. The molecular weight excluding hydrogens is 264 g/mol. The van der Waals surface area contributed by atoms with Gasteiger partial charge in [-0.2, -0.15) is 0 Å². The van der Waals surface area contributed by atoms with E-state index in [1.165, 1.54) is 7.11 Å². The molecule has 0 aliphatic rings. The fourth-order valence-electron chi connectivity index (χ4n) is 1.13. The second-order valence-corrected chi connectivity index (χ2v) is 5.21. The first kappa shape index (κ1) is 14.2. The van der Waals surface area contributed by atoms with E-state index < -0.39 is 14.9 Å². The minimum Gasteiger partial charge on any atom is -0.506 e. The van der Waals surface area contributed by atoms with E-state index in [2.05, 4.69) is 9.46 Å². The summed E-state index contributed by atoms with van der Waals surface area (Å²) in [5.74, 6) is -0.701. The van der Waals surface area contributed by atoms with Crippen molar-refractivity contribution in [1.82, 2.24) is 0 Å². The van der Waals surface area contributed by atoms with Gasteiger partial charge in [0.05, 0.1) is 23.0 Å². The number of anilines is 1. The van der Waals surface area contributed by atoms with Crippen LogP contribution in [0.2, 0.25) is 0 Å². The number of methoxy groups -OCH3 is 1. The Morgan fingerprint density at radius 1 is 1.50 bits per heavy atom. The number of hydrogen-bond acceptors (Lipinski definition) is 6. The minimum absolute atomic E-state index is 0.0228. The highest BCUT2D eigenvalue weighted by molar-refractivity contribution is 7.92. The number of ether oxygens (including phenoxy) is 1. The molecular formula is C9H12N2O6S. The number of rotatable bonds is 6. The van der Waals surface area contributed by atoms with Crippen LogP contribution in [0.3, 0.4) is 0 Å². The lowest BCUT2D eigenvalue weighted by atomic mass is 10.2. The maximum atomic E-state index is 11.5. The number of nitro groups is 1. The molecule has 0 aromatic heterocycles. The van der Waals surface area contributed by atoms with Crippen LogP contribution in [0.1, 0.15) is 0 Å². The zero-order chi connectivity index (χ0) is 13.8. The second-order valence-electron chi connectivity index (χ2n) is 3.37. The summed E-state index contributed by atoms with van der Waals surface area (Å²) in [6.45, 7) is -0.0228. The predicted molar refractivity (Wildman–Crippen MR) is 64.0 cm³/mol. The molecule has 0 spiro atoms. The predicted octanol–water partition coefficient (Wildman–Crippen LogP) is 0.688. The molecule has 1 aromatic rings. The largest absolute Gasteiger partial charge is 0.506 e. The van der Waals surface area contributed by atoms with Gasteiger partial charge in [0.1, 0.15) is 5.75 Å². The standard InChI is InChI=1S/C9H12N2O6S/c1-17-4-5-18(15,16)10-8-6-7(11(13)14)2-3-9(8)12/h2-3,6,10,12H,4-5H2,1H3. The van der Waals surface area contributed by atoms with Gasteiger partial charge in [-0.3, -0.25) is 14.8 Å². The molecule has 8 nitrogen and oxygen atoms in total. The van der Waals surface area contributed by atoms with Gasteiger partial charge in [-0.1, -0.05) is 0 Å². The molecule has 0 aliphatic carbocycles. The van der Waals surface area contributed by atoms with Crippen LogP contribution in [0.25, 0.3) is 0 Å². The number of phenols is 1.